The monoisotopic (exact) mass is 265 g/mol. The Labute approximate surface area is 122 Å². The van der Waals surface area contributed by atoms with Crippen LogP contribution in [0.2, 0.25) is 0 Å². The molecule has 0 aliphatic carbocycles. The van der Waals surface area contributed by atoms with Gasteiger partial charge in [0.2, 0.25) is 0 Å². The van der Waals surface area contributed by atoms with Gasteiger partial charge in [-0.05, 0) is 24.2 Å². The van der Waals surface area contributed by atoms with Gasteiger partial charge in [0.25, 0.3) is 0 Å². The molecule has 0 amide bonds. The number of rotatable bonds is 6. The van der Waals surface area contributed by atoms with Crippen molar-refractivity contribution < 1.29 is 0 Å². The van der Waals surface area contributed by atoms with Crippen molar-refractivity contribution in [2.45, 2.75) is 19.9 Å². The van der Waals surface area contributed by atoms with Gasteiger partial charge in [-0.2, -0.15) is 0 Å². The molecule has 0 saturated heterocycles. The summed E-state index contributed by atoms with van der Waals surface area (Å²) in [5, 5.41) is 0. The van der Waals surface area contributed by atoms with E-state index in [1.807, 2.05) is 0 Å². The van der Waals surface area contributed by atoms with E-state index in [1.54, 1.807) is 0 Å². The molecule has 0 saturated carbocycles. The molecule has 1 unspecified atom stereocenters. The average Bonchev–Trinajstić information content (AvgIpc) is 2.53. The van der Waals surface area contributed by atoms with E-state index in [0.717, 1.165) is 13.1 Å². The molecule has 1 heteroatoms. The second-order valence-electron chi connectivity index (χ2n) is 4.85. The fourth-order valence-electron chi connectivity index (χ4n) is 2.48. The quantitative estimate of drug-likeness (QED) is 0.726. The Balaban J connectivity index is 2.25. The SMILES string of the molecule is CCN(CC)C(/C=C/c1ccccc1)c1ccccc1. The molecule has 0 aliphatic heterocycles. The van der Waals surface area contributed by atoms with Gasteiger partial charge in [0, 0.05) is 0 Å². The smallest absolute Gasteiger partial charge is 0.0534 e. The lowest BCUT2D eigenvalue weighted by atomic mass is 10.0. The van der Waals surface area contributed by atoms with E-state index in [0.29, 0.717) is 6.04 Å². The third-order valence-corrected chi connectivity index (χ3v) is 3.62. The predicted molar refractivity (Wildman–Crippen MR) is 87.6 cm³/mol. The summed E-state index contributed by atoms with van der Waals surface area (Å²) in [6.07, 6.45) is 4.52. The van der Waals surface area contributed by atoms with Crippen molar-refractivity contribution >= 4 is 6.08 Å². The largest absolute Gasteiger partial charge is 0.293 e. The van der Waals surface area contributed by atoms with Crippen LogP contribution in [0.15, 0.2) is 66.7 Å². The number of hydrogen-bond acceptors (Lipinski definition) is 1. The van der Waals surface area contributed by atoms with E-state index < -0.39 is 0 Å². The lowest BCUT2D eigenvalue weighted by Gasteiger charge is -2.27. The van der Waals surface area contributed by atoms with Gasteiger partial charge in [-0.15, -0.1) is 0 Å². The lowest BCUT2D eigenvalue weighted by molar-refractivity contribution is 0.258. The van der Waals surface area contributed by atoms with Gasteiger partial charge in [0.05, 0.1) is 6.04 Å². The molecule has 2 aromatic carbocycles. The van der Waals surface area contributed by atoms with Crippen LogP contribution in [0, 0.1) is 0 Å². The minimum absolute atomic E-state index is 0.339. The zero-order valence-corrected chi connectivity index (χ0v) is 12.4. The van der Waals surface area contributed by atoms with Crippen LogP contribution in [-0.2, 0) is 0 Å². The summed E-state index contributed by atoms with van der Waals surface area (Å²) in [5.41, 5.74) is 2.60. The van der Waals surface area contributed by atoms with Gasteiger partial charge >= 0.3 is 0 Å². The molecular weight excluding hydrogens is 242 g/mol. The summed E-state index contributed by atoms with van der Waals surface area (Å²) in [7, 11) is 0. The highest BCUT2D eigenvalue weighted by molar-refractivity contribution is 5.50. The third kappa shape index (κ3) is 3.82. The van der Waals surface area contributed by atoms with Gasteiger partial charge in [-0.1, -0.05) is 86.7 Å². The Morgan fingerprint density at radius 2 is 1.40 bits per heavy atom. The lowest BCUT2D eigenvalue weighted by Crippen LogP contribution is -2.27. The van der Waals surface area contributed by atoms with Crippen LogP contribution in [0.1, 0.15) is 31.0 Å². The van der Waals surface area contributed by atoms with Gasteiger partial charge < -0.3 is 0 Å². The molecule has 0 N–H and O–H groups in total. The Hall–Kier alpha value is -1.86. The summed E-state index contributed by atoms with van der Waals surface area (Å²) >= 11 is 0. The van der Waals surface area contributed by atoms with Crippen LogP contribution in [-0.4, -0.2) is 18.0 Å². The highest BCUT2D eigenvalue weighted by Gasteiger charge is 2.14. The molecule has 0 spiro atoms. The predicted octanol–water partition coefficient (Wildman–Crippen LogP) is 4.78. The summed E-state index contributed by atoms with van der Waals surface area (Å²) in [4.78, 5) is 2.47. The van der Waals surface area contributed by atoms with Crippen molar-refractivity contribution in [1.29, 1.82) is 0 Å². The van der Waals surface area contributed by atoms with E-state index in [4.69, 9.17) is 0 Å². The van der Waals surface area contributed by atoms with Crippen LogP contribution >= 0.6 is 0 Å². The molecule has 0 aliphatic rings. The molecular formula is C19H23N. The molecule has 2 rings (SSSR count). The summed E-state index contributed by atoms with van der Waals surface area (Å²) in [6, 6.07) is 21.5. The normalized spacial score (nSPS) is 12.9. The molecule has 2 aromatic rings. The van der Waals surface area contributed by atoms with Crippen LogP contribution < -0.4 is 0 Å². The van der Waals surface area contributed by atoms with Gasteiger partial charge in [-0.3, -0.25) is 4.90 Å². The van der Waals surface area contributed by atoms with Gasteiger partial charge in [-0.25, -0.2) is 0 Å². The molecule has 20 heavy (non-hydrogen) atoms. The number of likely N-dealkylation sites (N-methyl/N-ethyl adjacent to an activating group) is 1. The zero-order valence-electron chi connectivity index (χ0n) is 12.4. The standard InChI is InChI=1S/C19H23N/c1-3-20(4-2)19(18-13-9-6-10-14-18)16-15-17-11-7-5-8-12-17/h5-16,19H,3-4H2,1-2H3/b16-15+. The van der Waals surface area contributed by atoms with Crippen molar-refractivity contribution in [3.05, 3.63) is 77.9 Å². The minimum Gasteiger partial charge on any atom is -0.293 e. The van der Waals surface area contributed by atoms with E-state index in [2.05, 4.69) is 91.6 Å². The molecule has 0 bridgehead atoms. The number of hydrogen-bond donors (Lipinski definition) is 0. The maximum atomic E-state index is 2.47. The Kier molecular flexibility index (Phi) is 5.57. The van der Waals surface area contributed by atoms with E-state index in [1.165, 1.54) is 11.1 Å². The van der Waals surface area contributed by atoms with E-state index in [9.17, 15) is 0 Å². The molecule has 1 nitrogen and oxygen atoms in total. The maximum absolute atomic E-state index is 2.47. The minimum atomic E-state index is 0.339. The molecule has 0 aromatic heterocycles. The first-order valence-electron chi connectivity index (χ1n) is 7.37. The van der Waals surface area contributed by atoms with Crippen LogP contribution in [0.5, 0.6) is 0 Å². The summed E-state index contributed by atoms with van der Waals surface area (Å²) in [5.74, 6) is 0. The first-order chi connectivity index (χ1) is 9.85. The van der Waals surface area contributed by atoms with Crippen LogP contribution in [0.25, 0.3) is 6.08 Å². The van der Waals surface area contributed by atoms with Crippen molar-refractivity contribution in [1.82, 2.24) is 4.90 Å². The van der Waals surface area contributed by atoms with Crippen molar-refractivity contribution in [2.24, 2.45) is 0 Å². The topological polar surface area (TPSA) is 3.24 Å². The maximum Gasteiger partial charge on any atom is 0.0534 e. The Morgan fingerprint density at radius 3 is 1.95 bits per heavy atom. The van der Waals surface area contributed by atoms with Gasteiger partial charge in [0.15, 0.2) is 0 Å². The first-order valence-corrected chi connectivity index (χ1v) is 7.37. The summed E-state index contributed by atoms with van der Waals surface area (Å²) < 4.78 is 0. The second-order valence-corrected chi connectivity index (χ2v) is 4.85. The fraction of sp³-hybridized carbons (Fsp3) is 0.263. The first kappa shape index (κ1) is 14.5. The number of benzene rings is 2. The highest BCUT2D eigenvalue weighted by Crippen LogP contribution is 2.22. The Bertz CT molecular complexity index is 512. The molecule has 104 valence electrons. The number of nitrogens with zero attached hydrogens (tertiary/aromatic N) is 1. The van der Waals surface area contributed by atoms with Crippen molar-refractivity contribution in [2.75, 3.05) is 13.1 Å². The second kappa shape index (κ2) is 7.66. The zero-order chi connectivity index (χ0) is 14.2. The highest BCUT2D eigenvalue weighted by atomic mass is 15.1. The van der Waals surface area contributed by atoms with Crippen molar-refractivity contribution in [3.8, 4) is 0 Å². The fourth-order valence-corrected chi connectivity index (χ4v) is 2.48. The summed E-state index contributed by atoms with van der Waals surface area (Å²) in [6.45, 7) is 6.54. The Morgan fingerprint density at radius 1 is 0.850 bits per heavy atom. The average molecular weight is 265 g/mol. The van der Waals surface area contributed by atoms with E-state index >= 15 is 0 Å². The molecule has 0 fully saturated rings. The van der Waals surface area contributed by atoms with Crippen molar-refractivity contribution in [3.63, 3.8) is 0 Å². The third-order valence-electron chi connectivity index (χ3n) is 3.62. The molecule has 1 atom stereocenters. The molecule has 0 radical (unpaired) electrons. The van der Waals surface area contributed by atoms with Crippen LogP contribution in [0.4, 0.5) is 0 Å². The van der Waals surface area contributed by atoms with Gasteiger partial charge in [0.1, 0.15) is 0 Å². The molecule has 0 heterocycles. The van der Waals surface area contributed by atoms with E-state index in [-0.39, 0.29) is 0 Å². The van der Waals surface area contributed by atoms with Crippen LogP contribution in [0.3, 0.4) is 0 Å².